The second-order valence-corrected chi connectivity index (χ2v) is 6.22. The number of carbonyl (C=O) groups excluding carboxylic acids is 1. The molecular weight excluding hydrogens is 373 g/mol. The molecule has 1 aliphatic heterocycles. The highest BCUT2D eigenvalue weighted by atomic mass is 35.5. The largest absolute Gasteiger partial charge is 0.455 e. The first-order valence-electron chi connectivity index (χ1n) is 8.40. The number of aromatic nitrogens is 1. The van der Waals surface area contributed by atoms with Crippen LogP contribution in [0.2, 0.25) is 0 Å². The van der Waals surface area contributed by atoms with Gasteiger partial charge < -0.3 is 15.4 Å². The molecule has 1 aromatic heterocycles. The molecule has 0 saturated carbocycles. The minimum atomic E-state index is 0. The molecule has 26 heavy (non-hydrogen) atoms. The van der Waals surface area contributed by atoms with Crippen molar-refractivity contribution in [3.63, 3.8) is 0 Å². The summed E-state index contributed by atoms with van der Waals surface area (Å²) in [6, 6.07) is 9.37. The highest BCUT2D eigenvalue weighted by Crippen LogP contribution is 2.27. The van der Waals surface area contributed by atoms with Gasteiger partial charge in [-0.15, -0.1) is 24.8 Å². The Morgan fingerprint density at radius 3 is 2.85 bits per heavy atom. The summed E-state index contributed by atoms with van der Waals surface area (Å²) < 4.78 is 5.80. The van der Waals surface area contributed by atoms with E-state index in [1.165, 1.54) is 6.42 Å². The van der Waals surface area contributed by atoms with Gasteiger partial charge in [-0.25, -0.2) is 0 Å². The van der Waals surface area contributed by atoms with Crippen molar-refractivity contribution < 1.29 is 9.53 Å². The lowest BCUT2D eigenvalue weighted by Crippen LogP contribution is -2.15. The summed E-state index contributed by atoms with van der Waals surface area (Å²) in [7, 11) is 0. The van der Waals surface area contributed by atoms with E-state index in [1.54, 1.807) is 12.4 Å². The molecule has 1 fully saturated rings. The molecule has 3 rings (SSSR count). The normalized spacial score (nSPS) is 15.5. The average molecular weight is 398 g/mol. The summed E-state index contributed by atoms with van der Waals surface area (Å²) in [5.41, 5.74) is 1.78. The number of ether oxygens (including phenoxy) is 1. The van der Waals surface area contributed by atoms with Crippen LogP contribution in [0.15, 0.2) is 42.7 Å². The molecule has 1 unspecified atom stereocenters. The monoisotopic (exact) mass is 397 g/mol. The van der Waals surface area contributed by atoms with Crippen molar-refractivity contribution in [3.8, 4) is 11.5 Å². The van der Waals surface area contributed by atoms with Gasteiger partial charge in [0.2, 0.25) is 5.91 Å². The Bertz CT molecular complexity index is 692. The van der Waals surface area contributed by atoms with Crippen molar-refractivity contribution >= 4 is 36.4 Å². The number of hydrogen-bond donors (Lipinski definition) is 2. The van der Waals surface area contributed by atoms with Gasteiger partial charge in [0.05, 0.1) is 6.20 Å². The van der Waals surface area contributed by atoms with E-state index < -0.39 is 0 Å². The number of halogens is 2. The van der Waals surface area contributed by atoms with Crippen LogP contribution >= 0.6 is 24.8 Å². The molecular formula is C19H25Cl2N3O2. The predicted octanol–water partition coefficient (Wildman–Crippen LogP) is 4.35. The average Bonchev–Trinajstić information content (AvgIpc) is 3.10. The van der Waals surface area contributed by atoms with E-state index in [0.717, 1.165) is 36.5 Å². The van der Waals surface area contributed by atoms with Gasteiger partial charge in [0.25, 0.3) is 0 Å². The van der Waals surface area contributed by atoms with Gasteiger partial charge in [-0.3, -0.25) is 9.78 Å². The maximum Gasteiger partial charge on any atom is 0.224 e. The first-order chi connectivity index (χ1) is 11.7. The Balaban J connectivity index is 0.00000169. The van der Waals surface area contributed by atoms with Crippen molar-refractivity contribution in [3.05, 3.63) is 48.3 Å². The smallest absolute Gasteiger partial charge is 0.224 e. The highest BCUT2D eigenvalue weighted by Gasteiger charge is 2.15. The van der Waals surface area contributed by atoms with Crippen LogP contribution in [0.25, 0.3) is 0 Å². The number of amides is 1. The van der Waals surface area contributed by atoms with Crippen LogP contribution in [0.5, 0.6) is 11.5 Å². The molecule has 1 aromatic carbocycles. The SMILES string of the molecule is Cc1cc(NC(=O)CCC2CCNC2)ccc1Oc1cccnc1.Cl.Cl. The van der Waals surface area contributed by atoms with Crippen LogP contribution in [-0.4, -0.2) is 24.0 Å². The summed E-state index contributed by atoms with van der Waals surface area (Å²) >= 11 is 0. The Kier molecular flexibility index (Phi) is 9.41. The van der Waals surface area contributed by atoms with Crippen molar-refractivity contribution in [2.45, 2.75) is 26.2 Å². The molecule has 0 bridgehead atoms. The Morgan fingerprint density at radius 1 is 1.35 bits per heavy atom. The standard InChI is InChI=1S/C19H23N3O2.2ClH/c1-14-11-16(22-19(23)7-4-15-8-10-21-12-15)5-6-18(14)24-17-3-2-9-20-13-17;;/h2-3,5-6,9,11,13,15,21H,4,7-8,10,12H2,1H3,(H,22,23);2*1H. The lowest BCUT2D eigenvalue weighted by atomic mass is 10.0. The van der Waals surface area contributed by atoms with E-state index in [2.05, 4.69) is 15.6 Å². The molecule has 1 amide bonds. The molecule has 1 atom stereocenters. The van der Waals surface area contributed by atoms with Crippen LogP contribution in [0.4, 0.5) is 5.69 Å². The van der Waals surface area contributed by atoms with E-state index in [1.807, 2.05) is 37.3 Å². The second-order valence-electron chi connectivity index (χ2n) is 6.22. The number of pyridine rings is 1. The molecule has 0 radical (unpaired) electrons. The zero-order chi connectivity index (χ0) is 16.8. The fourth-order valence-corrected chi connectivity index (χ4v) is 2.90. The molecule has 1 aliphatic rings. The molecule has 5 nitrogen and oxygen atoms in total. The van der Waals surface area contributed by atoms with Crippen LogP contribution < -0.4 is 15.4 Å². The van der Waals surface area contributed by atoms with Crippen molar-refractivity contribution in [2.75, 3.05) is 18.4 Å². The van der Waals surface area contributed by atoms with Crippen molar-refractivity contribution in [2.24, 2.45) is 5.92 Å². The lowest BCUT2D eigenvalue weighted by molar-refractivity contribution is -0.116. The van der Waals surface area contributed by atoms with Crippen molar-refractivity contribution in [1.82, 2.24) is 10.3 Å². The topological polar surface area (TPSA) is 63.2 Å². The van der Waals surface area contributed by atoms with Gasteiger partial charge in [0.15, 0.2) is 0 Å². The summed E-state index contributed by atoms with van der Waals surface area (Å²) in [6.45, 7) is 4.07. The maximum absolute atomic E-state index is 12.1. The third-order valence-corrected chi connectivity index (χ3v) is 4.26. The third kappa shape index (κ3) is 6.48. The fraction of sp³-hybridized carbons (Fsp3) is 0.368. The quantitative estimate of drug-likeness (QED) is 0.759. The number of benzene rings is 1. The number of aryl methyl sites for hydroxylation is 1. The molecule has 2 N–H and O–H groups in total. The van der Waals surface area contributed by atoms with Crippen LogP contribution in [0.1, 0.15) is 24.8 Å². The lowest BCUT2D eigenvalue weighted by Gasteiger charge is -2.12. The summed E-state index contributed by atoms with van der Waals surface area (Å²) in [5, 5.41) is 6.30. The number of nitrogens with one attached hydrogen (secondary N) is 2. The fourth-order valence-electron chi connectivity index (χ4n) is 2.90. The van der Waals surface area contributed by atoms with Gasteiger partial charge in [-0.1, -0.05) is 0 Å². The third-order valence-electron chi connectivity index (χ3n) is 4.26. The first kappa shape index (κ1) is 22.2. The maximum atomic E-state index is 12.1. The summed E-state index contributed by atoms with van der Waals surface area (Å²) in [4.78, 5) is 16.1. The molecule has 0 aliphatic carbocycles. The van der Waals surface area contributed by atoms with Crippen LogP contribution in [-0.2, 0) is 4.79 Å². The Morgan fingerprint density at radius 2 is 2.19 bits per heavy atom. The molecule has 2 aromatic rings. The molecule has 7 heteroatoms. The first-order valence-corrected chi connectivity index (χ1v) is 8.40. The Labute approximate surface area is 166 Å². The minimum Gasteiger partial charge on any atom is -0.455 e. The highest BCUT2D eigenvalue weighted by molar-refractivity contribution is 5.90. The van der Waals surface area contributed by atoms with Gasteiger partial charge in [0.1, 0.15) is 11.5 Å². The molecule has 0 spiro atoms. The van der Waals surface area contributed by atoms with Gasteiger partial charge >= 0.3 is 0 Å². The van der Waals surface area contributed by atoms with E-state index in [0.29, 0.717) is 18.1 Å². The number of carbonyl (C=O) groups is 1. The van der Waals surface area contributed by atoms with Crippen LogP contribution in [0.3, 0.4) is 0 Å². The zero-order valence-electron chi connectivity index (χ0n) is 14.7. The summed E-state index contributed by atoms with van der Waals surface area (Å²) in [5.74, 6) is 2.16. The number of nitrogens with zero attached hydrogens (tertiary/aromatic N) is 1. The van der Waals surface area contributed by atoms with Crippen molar-refractivity contribution in [1.29, 1.82) is 0 Å². The second kappa shape index (κ2) is 11.0. The molecule has 1 saturated heterocycles. The minimum absolute atomic E-state index is 0. The van der Waals surface area contributed by atoms with E-state index in [4.69, 9.17) is 4.74 Å². The van der Waals surface area contributed by atoms with Crippen LogP contribution in [0, 0.1) is 12.8 Å². The summed E-state index contributed by atoms with van der Waals surface area (Å²) in [6.07, 6.45) is 6.07. The zero-order valence-corrected chi connectivity index (χ0v) is 16.4. The van der Waals surface area contributed by atoms with E-state index in [-0.39, 0.29) is 30.7 Å². The molecule has 2 heterocycles. The van der Waals surface area contributed by atoms with Gasteiger partial charge in [0, 0.05) is 18.3 Å². The predicted molar refractivity (Wildman–Crippen MR) is 109 cm³/mol. The van der Waals surface area contributed by atoms with Gasteiger partial charge in [-0.05, 0) is 74.7 Å². The Hall–Kier alpha value is -1.82. The van der Waals surface area contributed by atoms with E-state index in [9.17, 15) is 4.79 Å². The number of hydrogen-bond acceptors (Lipinski definition) is 4. The molecule has 142 valence electrons. The number of rotatable bonds is 6. The van der Waals surface area contributed by atoms with E-state index >= 15 is 0 Å². The van der Waals surface area contributed by atoms with Gasteiger partial charge in [-0.2, -0.15) is 0 Å². The number of anilines is 1.